The van der Waals surface area contributed by atoms with Gasteiger partial charge in [0.15, 0.2) is 0 Å². The molecule has 1 unspecified atom stereocenters. The van der Waals surface area contributed by atoms with Crippen LogP contribution in [0, 0.1) is 19.3 Å². The summed E-state index contributed by atoms with van der Waals surface area (Å²) in [6, 6.07) is 9.96. The molecular formula is C26H34O3. The Hall–Kier alpha value is -2.55. The molecule has 0 amide bonds. The average Bonchev–Trinajstić information content (AvgIpc) is 2.54. The Morgan fingerprint density at radius 2 is 1.52 bits per heavy atom. The lowest BCUT2D eigenvalue weighted by molar-refractivity contribution is -0.131. The molecule has 0 spiro atoms. The van der Waals surface area contributed by atoms with E-state index in [0.717, 1.165) is 33.4 Å². The first-order valence-corrected chi connectivity index (χ1v) is 10.1. The van der Waals surface area contributed by atoms with Crippen molar-refractivity contribution in [3.63, 3.8) is 0 Å². The van der Waals surface area contributed by atoms with Crippen LogP contribution < -0.4 is 0 Å². The predicted molar refractivity (Wildman–Crippen MR) is 121 cm³/mol. The highest BCUT2D eigenvalue weighted by atomic mass is 16.4. The summed E-state index contributed by atoms with van der Waals surface area (Å²) in [6.07, 6.45) is 2.92. The molecule has 0 saturated heterocycles. The Morgan fingerprint density at radius 3 is 2.03 bits per heavy atom. The van der Waals surface area contributed by atoms with E-state index < -0.39 is 5.97 Å². The first-order chi connectivity index (χ1) is 13.2. The van der Waals surface area contributed by atoms with Crippen LogP contribution in [0.25, 0.3) is 6.08 Å². The Labute approximate surface area is 175 Å². The first-order valence-electron chi connectivity index (χ1n) is 10.1. The van der Waals surface area contributed by atoms with Crippen molar-refractivity contribution < 1.29 is 15.0 Å². The zero-order chi connectivity index (χ0) is 22.1. The molecule has 2 N–H and O–H groups in total. The molecule has 0 aliphatic heterocycles. The lowest BCUT2D eigenvalue weighted by Gasteiger charge is -2.35. The first kappa shape index (κ1) is 22.7. The summed E-state index contributed by atoms with van der Waals surface area (Å²) in [5.41, 5.74) is 5.79. The van der Waals surface area contributed by atoms with Gasteiger partial charge in [0.05, 0.1) is 0 Å². The number of hydrogen-bond acceptors (Lipinski definition) is 2. The lowest BCUT2D eigenvalue weighted by Crippen LogP contribution is -2.23. The fourth-order valence-electron chi connectivity index (χ4n) is 4.03. The van der Waals surface area contributed by atoms with Gasteiger partial charge >= 0.3 is 5.97 Å². The van der Waals surface area contributed by atoms with Crippen molar-refractivity contribution >= 4 is 12.0 Å². The number of carbonyl (C=O) groups is 1. The van der Waals surface area contributed by atoms with E-state index in [1.807, 2.05) is 19.1 Å². The molecule has 156 valence electrons. The highest BCUT2D eigenvalue weighted by Gasteiger charge is 2.33. The van der Waals surface area contributed by atoms with Crippen LogP contribution in [-0.2, 0) is 10.2 Å². The number of rotatable bonds is 4. The van der Waals surface area contributed by atoms with Crippen molar-refractivity contribution in [3.8, 4) is 5.75 Å². The Kier molecular flexibility index (Phi) is 6.32. The smallest absolute Gasteiger partial charge is 0.328 e. The molecule has 0 saturated carbocycles. The summed E-state index contributed by atoms with van der Waals surface area (Å²) in [4.78, 5) is 11.3. The number of phenolic OH excluding ortho intramolecular Hbond substituents is 1. The molecule has 1 atom stereocenters. The summed E-state index contributed by atoms with van der Waals surface area (Å²) in [6.45, 7) is 17.0. The SMILES string of the molecule is Cc1ccc(O)c(C(c2cc(C)cc(C(C)(C)C)c2C=CC(=O)O)C(C)(C)C)c1. The van der Waals surface area contributed by atoms with E-state index >= 15 is 0 Å². The van der Waals surface area contributed by atoms with Crippen molar-refractivity contribution in [2.24, 2.45) is 5.41 Å². The van der Waals surface area contributed by atoms with Gasteiger partial charge in [-0.15, -0.1) is 0 Å². The van der Waals surface area contributed by atoms with Crippen LogP contribution >= 0.6 is 0 Å². The van der Waals surface area contributed by atoms with Crippen molar-refractivity contribution in [1.82, 2.24) is 0 Å². The molecule has 2 aromatic carbocycles. The van der Waals surface area contributed by atoms with Crippen LogP contribution in [0.3, 0.4) is 0 Å². The van der Waals surface area contributed by atoms with E-state index in [-0.39, 0.29) is 22.5 Å². The number of carboxylic acid groups (broad SMARTS) is 1. The van der Waals surface area contributed by atoms with E-state index in [1.165, 1.54) is 6.08 Å². The van der Waals surface area contributed by atoms with Crippen LogP contribution in [0.2, 0.25) is 0 Å². The molecule has 2 aromatic rings. The quantitative estimate of drug-likeness (QED) is 0.576. The molecule has 3 heteroatoms. The maximum atomic E-state index is 11.3. The van der Waals surface area contributed by atoms with Gasteiger partial charge in [-0.3, -0.25) is 0 Å². The van der Waals surface area contributed by atoms with Gasteiger partial charge in [-0.25, -0.2) is 4.79 Å². The second kappa shape index (κ2) is 8.06. The molecule has 0 heterocycles. The van der Waals surface area contributed by atoms with Gasteiger partial charge in [0.25, 0.3) is 0 Å². The van der Waals surface area contributed by atoms with Gasteiger partial charge in [-0.2, -0.15) is 0 Å². The summed E-state index contributed by atoms with van der Waals surface area (Å²) in [5.74, 6) is -0.804. The van der Waals surface area contributed by atoms with Gasteiger partial charge in [-0.05, 0) is 53.5 Å². The minimum absolute atomic E-state index is 0.100. The predicted octanol–water partition coefficient (Wildman–Crippen LogP) is 6.58. The topological polar surface area (TPSA) is 57.5 Å². The molecule has 0 aromatic heterocycles. The Balaban J connectivity index is 2.95. The summed E-state index contributed by atoms with van der Waals surface area (Å²) >= 11 is 0. The maximum Gasteiger partial charge on any atom is 0.328 e. The van der Waals surface area contributed by atoms with E-state index in [4.69, 9.17) is 0 Å². The minimum atomic E-state index is -0.970. The third-order valence-corrected chi connectivity index (χ3v) is 5.23. The average molecular weight is 395 g/mol. The molecular weight excluding hydrogens is 360 g/mol. The zero-order valence-corrected chi connectivity index (χ0v) is 18.9. The van der Waals surface area contributed by atoms with Crippen LogP contribution in [0.15, 0.2) is 36.4 Å². The van der Waals surface area contributed by atoms with Gasteiger partial charge in [-0.1, -0.05) is 76.9 Å². The van der Waals surface area contributed by atoms with Crippen molar-refractivity contribution in [3.05, 3.63) is 69.8 Å². The third-order valence-electron chi connectivity index (χ3n) is 5.23. The molecule has 29 heavy (non-hydrogen) atoms. The summed E-state index contributed by atoms with van der Waals surface area (Å²) in [5, 5.41) is 20.0. The summed E-state index contributed by atoms with van der Waals surface area (Å²) < 4.78 is 0. The lowest BCUT2D eigenvalue weighted by atomic mass is 9.68. The molecule has 3 nitrogen and oxygen atoms in total. The zero-order valence-electron chi connectivity index (χ0n) is 18.9. The van der Waals surface area contributed by atoms with E-state index in [9.17, 15) is 15.0 Å². The van der Waals surface area contributed by atoms with Gasteiger partial charge < -0.3 is 10.2 Å². The number of benzene rings is 2. The molecule has 0 aliphatic carbocycles. The second-order valence-electron chi connectivity index (χ2n) is 10.1. The largest absolute Gasteiger partial charge is 0.508 e. The van der Waals surface area contributed by atoms with Crippen LogP contribution in [-0.4, -0.2) is 16.2 Å². The Bertz CT molecular complexity index is 938. The molecule has 0 radical (unpaired) electrons. The van der Waals surface area contributed by atoms with Crippen LogP contribution in [0.4, 0.5) is 0 Å². The summed E-state index contributed by atoms with van der Waals surface area (Å²) in [7, 11) is 0. The van der Waals surface area contributed by atoms with E-state index in [2.05, 4.69) is 60.6 Å². The molecule has 0 fully saturated rings. The highest BCUT2D eigenvalue weighted by Crippen LogP contribution is 2.47. The monoisotopic (exact) mass is 394 g/mol. The van der Waals surface area contributed by atoms with E-state index in [0.29, 0.717) is 0 Å². The van der Waals surface area contributed by atoms with Crippen molar-refractivity contribution in [2.45, 2.75) is 66.7 Å². The number of aromatic hydroxyl groups is 1. The maximum absolute atomic E-state index is 11.3. The van der Waals surface area contributed by atoms with Gasteiger partial charge in [0.1, 0.15) is 5.75 Å². The van der Waals surface area contributed by atoms with Crippen molar-refractivity contribution in [2.75, 3.05) is 0 Å². The Morgan fingerprint density at radius 1 is 0.931 bits per heavy atom. The number of aryl methyl sites for hydroxylation is 2. The number of hydrogen-bond donors (Lipinski definition) is 2. The highest BCUT2D eigenvalue weighted by molar-refractivity contribution is 5.86. The minimum Gasteiger partial charge on any atom is -0.508 e. The van der Waals surface area contributed by atoms with Gasteiger partial charge in [0, 0.05) is 17.6 Å². The third kappa shape index (κ3) is 5.29. The molecule has 0 aliphatic rings. The second-order valence-corrected chi connectivity index (χ2v) is 10.1. The van der Waals surface area contributed by atoms with Gasteiger partial charge in [0.2, 0.25) is 0 Å². The fraction of sp³-hybridized carbons (Fsp3) is 0.423. The molecule has 2 rings (SSSR count). The number of aliphatic carboxylic acids is 1. The molecule has 0 bridgehead atoms. The fourth-order valence-corrected chi connectivity index (χ4v) is 4.03. The van der Waals surface area contributed by atoms with Crippen molar-refractivity contribution in [1.29, 1.82) is 0 Å². The number of phenols is 1. The van der Waals surface area contributed by atoms with E-state index in [1.54, 1.807) is 12.1 Å². The van der Waals surface area contributed by atoms with Crippen LogP contribution in [0.5, 0.6) is 5.75 Å². The standard InChI is InChI=1S/C26H34O3/c1-16-9-11-22(27)20(13-16)24(26(6,7)8)19-14-17(2)15-21(25(3,4)5)18(19)10-12-23(28)29/h9-15,24,27H,1-8H3,(H,28,29). The normalized spacial score (nSPS) is 13.7. The van der Waals surface area contributed by atoms with Crippen LogP contribution in [0.1, 0.15) is 80.8 Å². The number of carboxylic acids is 1.